The summed E-state index contributed by atoms with van der Waals surface area (Å²) in [4.78, 5) is 28.4. The number of Topliss-reactive ketones (excluding diaryl/α,β-unsaturated/α-hetero) is 1. The van der Waals surface area contributed by atoms with E-state index in [2.05, 4.69) is 48.5 Å². The highest BCUT2D eigenvalue weighted by atomic mass is 16.1. The van der Waals surface area contributed by atoms with Crippen molar-refractivity contribution in [1.82, 2.24) is 0 Å². The SMILES string of the molecule is O=C1C2C(c3ccccc3)=C(c3ccccc3)C1[C@@]1(c3ccccc3)C(c3ccccc3)=CC(=O)[C@@H]21. The molecule has 2 bridgehead atoms. The van der Waals surface area contributed by atoms with Crippen molar-refractivity contribution in [3.05, 3.63) is 150 Å². The average Bonchev–Trinajstić information content (AvgIpc) is 3.52. The quantitative estimate of drug-likeness (QED) is 0.339. The molecule has 1 saturated carbocycles. The Balaban J connectivity index is 1.59. The van der Waals surface area contributed by atoms with Gasteiger partial charge in [0.05, 0.1) is 17.8 Å². The van der Waals surface area contributed by atoms with Gasteiger partial charge in [0.1, 0.15) is 5.78 Å². The number of benzene rings is 4. The normalized spacial score (nSPS) is 26.3. The molecular formula is C34H24O2. The molecule has 2 nitrogen and oxygen atoms in total. The van der Waals surface area contributed by atoms with Gasteiger partial charge in [-0.05, 0) is 45.0 Å². The molecule has 2 unspecified atom stereocenters. The lowest BCUT2D eigenvalue weighted by Gasteiger charge is -2.43. The van der Waals surface area contributed by atoms with Gasteiger partial charge in [-0.1, -0.05) is 121 Å². The lowest BCUT2D eigenvalue weighted by atomic mass is 9.57. The topological polar surface area (TPSA) is 34.1 Å². The van der Waals surface area contributed by atoms with E-state index in [0.29, 0.717) is 0 Å². The summed E-state index contributed by atoms with van der Waals surface area (Å²) in [6.07, 6.45) is 1.83. The van der Waals surface area contributed by atoms with Crippen LogP contribution in [0.15, 0.2) is 127 Å². The Morgan fingerprint density at radius 3 is 1.56 bits per heavy atom. The van der Waals surface area contributed by atoms with Gasteiger partial charge in [0.15, 0.2) is 5.78 Å². The maximum absolute atomic E-state index is 14.4. The van der Waals surface area contributed by atoms with Crippen LogP contribution in [0.5, 0.6) is 0 Å². The van der Waals surface area contributed by atoms with Crippen molar-refractivity contribution in [3.63, 3.8) is 0 Å². The molecule has 1 fully saturated rings. The third-order valence-electron chi connectivity index (χ3n) is 8.30. The highest BCUT2D eigenvalue weighted by Gasteiger charge is 2.72. The first-order valence-corrected chi connectivity index (χ1v) is 12.5. The van der Waals surface area contributed by atoms with Crippen LogP contribution in [0.4, 0.5) is 0 Å². The van der Waals surface area contributed by atoms with Gasteiger partial charge in [-0.25, -0.2) is 0 Å². The molecule has 0 saturated heterocycles. The number of ketones is 2. The standard InChI is InChI=1S/C34H24O2/c35-27-21-26(22-13-5-1-6-14-22)34(25-19-11-4-12-20-25)31(27)30-28(23-15-7-2-8-16-23)29(32(34)33(30)36)24-17-9-3-10-18-24/h1-21,30-32H/t30?,31-,32?,34-/m0/s1. The molecule has 2 heteroatoms. The highest BCUT2D eigenvalue weighted by Crippen LogP contribution is 2.71. The van der Waals surface area contributed by atoms with Crippen LogP contribution in [0.3, 0.4) is 0 Å². The zero-order valence-corrected chi connectivity index (χ0v) is 19.7. The van der Waals surface area contributed by atoms with E-state index in [1.54, 1.807) is 0 Å². The molecular weight excluding hydrogens is 440 g/mol. The van der Waals surface area contributed by atoms with Crippen LogP contribution in [0.25, 0.3) is 16.7 Å². The largest absolute Gasteiger partial charge is 0.298 e. The van der Waals surface area contributed by atoms with Crippen molar-refractivity contribution in [3.8, 4) is 0 Å². The second-order valence-electron chi connectivity index (χ2n) is 9.91. The first kappa shape index (κ1) is 21.0. The van der Waals surface area contributed by atoms with Crippen molar-refractivity contribution in [2.75, 3.05) is 0 Å². The Morgan fingerprint density at radius 1 is 0.528 bits per heavy atom. The zero-order valence-electron chi connectivity index (χ0n) is 19.7. The van der Waals surface area contributed by atoms with Gasteiger partial charge in [0.2, 0.25) is 0 Å². The monoisotopic (exact) mass is 464 g/mol. The van der Waals surface area contributed by atoms with Gasteiger partial charge in [-0.3, -0.25) is 9.59 Å². The molecule has 0 N–H and O–H groups in total. The van der Waals surface area contributed by atoms with E-state index in [1.165, 1.54) is 0 Å². The number of carbonyl (C=O) groups excluding carboxylic acids is 2. The molecule has 4 atom stereocenters. The predicted octanol–water partition coefficient (Wildman–Crippen LogP) is 6.65. The molecule has 7 rings (SSSR count). The molecule has 0 amide bonds. The molecule has 0 radical (unpaired) electrons. The molecule has 0 aliphatic heterocycles. The number of allylic oxidation sites excluding steroid dienone is 4. The van der Waals surface area contributed by atoms with Crippen LogP contribution in [0.2, 0.25) is 0 Å². The summed E-state index contributed by atoms with van der Waals surface area (Å²) in [5, 5.41) is 0. The minimum absolute atomic E-state index is 0.0547. The van der Waals surface area contributed by atoms with E-state index in [4.69, 9.17) is 0 Å². The maximum Gasteiger partial charge on any atom is 0.161 e. The first-order valence-electron chi connectivity index (χ1n) is 12.5. The van der Waals surface area contributed by atoms with Gasteiger partial charge in [0.25, 0.3) is 0 Å². The second-order valence-corrected chi connectivity index (χ2v) is 9.91. The van der Waals surface area contributed by atoms with E-state index in [9.17, 15) is 9.59 Å². The van der Waals surface area contributed by atoms with Crippen LogP contribution < -0.4 is 0 Å². The molecule has 3 aliphatic rings. The number of fused-ring (bicyclic) bond motifs is 5. The van der Waals surface area contributed by atoms with Crippen LogP contribution in [-0.4, -0.2) is 11.6 Å². The predicted molar refractivity (Wildman–Crippen MR) is 143 cm³/mol. The summed E-state index contributed by atoms with van der Waals surface area (Å²) in [6.45, 7) is 0. The van der Waals surface area contributed by atoms with Crippen LogP contribution in [0, 0.1) is 17.8 Å². The molecule has 36 heavy (non-hydrogen) atoms. The number of carbonyl (C=O) groups is 2. The lowest BCUT2D eigenvalue weighted by Crippen LogP contribution is -2.42. The zero-order chi connectivity index (χ0) is 24.3. The number of hydrogen-bond donors (Lipinski definition) is 0. The summed E-state index contributed by atoms with van der Waals surface area (Å²) in [6, 6.07) is 40.8. The van der Waals surface area contributed by atoms with E-state index in [-0.39, 0.29) is 11.6 Å². The Morgan fingerprint density at radius 2 is 1.00 bits per heavy atom. The Kier molecular flexibility index (Phi) is 4.59. The third kappa shape index (κ3) is 2.67. The van der Waals surface area contributed by atoms with Crippen LogP contribution in [0.1, 0.15) is 22.3 Å². The fourth-order valence-corrected chi connectivity index (χ4v) is 7.12. The van der Waals surface area contributed by atoms with Gasteiger partial charge in [-0.2, -0.15) is 0 Å². The molecule has 172 valence electrons. The van der Waals surface area contributed by atoms with Crippen LogP contribution in [-0.2, 0) is 15.0 Å². The van der Waals surface area contributed by atoms with Crippen molar-refractivity contribution in [1.29, 1.82) is 0 Å². The Labute approximate surface area is 210 Å². The first-order chi connectivity index (χ1) is 17.7. The fourth-order valence-electron chi connectivity index (χ4n) is 7.12. The maximum atomic E-state index is 14.4. The van der Waals surface area contributed by atoms with Gasteiger partial charge in [0, 0.05) is 5.41 Å². The highest BCUT2D eigenvalue weighted by molar-refractivity contribution is 6.26. The van der Waals surface area contributed by atoms with Crippen LogP contribution >= 0.6 is 0 Å². The van der Waals surface area contributed by atoms with E-state index in [1.807, 2.05) is 78.9 Å². The van der Waals surface area contributed by atoms with Crippen molar-refractivity contribution in [2.45, 2.75) is 5.41 Å². The van der Waals surface area contributed by atoms with Gasteiger partial charge < -0.3 is 0 Å². The minimum Gasteiger partial charge on any atom is -0.298 e. The summed E-state index contributed by atoms with van der Waals surface area (Å²) < 4.78 is 0. The molecule has 0 heterocycles. The summed E-state index contributed by atoms with van der Waals surface area (Å²) in [5.41, 5.74) is 6.44. The molecule has 3 aliphatic carbocycles. The average molecular weight is 465 g/mol. The summed E-state index contributed by atoms with van der Waals surface area (Å²) in [5.74, 6) is -1.14. The molecule has 0 aromatic heterocycles. The third-order valence-corrected chi connectivity index (χ3v) is 8.30. The van der Waals surface area contributed by atoms with Crippen molar-refractivity contribution < 1.29 is 9.59 Å². The molecule has 0 spiro atoms. The number of rotatable bonds is 4. The smallest absolute Gasteiger partial charge is 0.161 e. The number of hydrogen-bond acceptors (Lipinski definition) is 2. The van der Waals surface area contributed by atoms with Gasteiger partial charge >= 0.3 is 0 Å². The van der Waals surface area contributed by atoms with E-state index < -0.39 is 23.2 Å². The van der Waals surface area contributed by atoms with E-state index >= 15 is 0 Å². The van der Waals surface area contributed by atoms with Crippen molar-refractivity contribution >= 4 is 28.3 Å². The second kappa shape index (κ2) is 7.86. The summed E-state index contributed by atoms with van der Waals surface area (Å²) >= 11 is 0. The fraction of sp³-hybridized carbons (Fsp3) is 0.118. The summed E-state index contributed by atoms with van der Waals surface area (Å²) in [7, 11) is 0. The minimum atomic E-state index is -0.731. The molecule has 4 aromatic rings. The Hall–Kier alpha value is -4.30. The lowest BCUT2D eigenvalue weighted by molar-refractivity contribution is -0.124. The van der Waals surface area contributed by atoms with Crippen molar-refractivity contribution in [2.24, 2.45) is 17.8 Å². The van der Waals surface area contributed by atoms with Gasteiger partial charge in [-0.15, -0.1) is 0 Å². The Bertz CT molecular complexity index is 1550. The van der Waals surface area contributed by atoms with E-state index in [0.717, 1.165) is 39.0 Å². The molecule has 4 aromatic carbocycles.